The topological polar surface area (TPSA) is 59.3 Å². The van der Waals surface area contributed by atoms with Crippen molar-refractivity contribution < 1.29 is 31.8 Å². The van der Waals surface area contributed by atoms with Gasteiger partial charge in [-0.25, -0.2) is 22.4 Å². The summed E-state index contributed by atoms with van der Waals surface area (Å²) in [5, 5.41) is 8.68. The van der Waals surface area contributed by atoms with Crippen molar-refractivity contribution >= 4 is 5.97 Å². The van der Waals surface area contributed by atoms with Crippen LogP contribution < -0.4 is 0 Å². The van der Waals surface area contributed by atoms with Gasteiger partial charge in [0.15, 0.2) is 5.83 Å². The molecular weight excluding hydrogens is 366 g/mol. The second-order valence-corrected chi connectivity index (χ2v) is 6.81. The summed E-state index contributed by atoms with van der Waals surface area (Å²) in [6.07, 6.45) is 0. The maximum atomic E-state index is 15.1. The number of carbonyl (C=O) groups excluding carboxylic acids is 1. The fourth-order valence-electron chi connectivity index (χ4n) is 3.08. The van der Waals surface area contributed by atoms with Crippen LogP contribution in [0.1, 0.15) is 25.0 Å². The van der Waals surface area contributed by atoms with Gasteiger partial charge in [0.1, 0.15) is 19.4 Å². The molecule has 1 saturated carbocycles. The Labute approximate surface area is 154 Å². The summed E-state index contributed by atoms with van der Waals surface area (Å²) in [6.45, 7) is 0.362. The molecule has 8 heteroatoms. The van der Waals surface area contributed by atoms with Crippen molar-refractivity contribution in [3.05, 3.63) is 46.8 Å². The minimum atomic E-state index is -3.46. The summed E-state index contributed by atoms with van der Waals surface area (Å²) in [5.41, 5.74) is -8.80. The molecule has 0 amide bonds. The fourth-order valence-corrected chi connectivity index (χ4v) is 3.08. The van der Waals surface area contributed by atoms with Crippen LogP contribution in [0.3, 0.4) is 0 Å². The zero-order valence-electron chi connectivity index (χ0n) is 15.1. The highest BCUT2D eigenvalue weighted by Crippen LogP contribution is 2.74. The Balaban J connectivity index is 2.18. The minimum absolute atomic E-state index is 0.358. The van der Waals surface area contributed by atoms with E-state index in [1.165, 1.54) is 7.11 Å². The number of carbonyl (C=O) groups is 1. The lowest BCUT2D eigenvalue weighted by molar-refractivity contribution is -0.156. The highest BCUT2D eigenvalue weighted by molar-refractivity contribution is 5.90. The van der Waals surface area contributed by atoms with Crippen molar-refractivity contribution in [2.45, 2.75) is 38.4 Å². The van der Waals surface area contributed by atoms with Gasteiger partial charge in [-0.05, 0) is 11.1 Å². The van der Waals surface area contributed by atoms with Crippen LogP contribution in [0.15, 0.2) is 35.7 Å². The first-order valence-electron chi connectivity index (χ1n) is 8.08. The first-order valence-corrected chi connectivity index (χ1v) is 8.08. The molecular formula is C19H19F4NO3. The van der Waals surface area contributed by atoms with Gasteiger partial charge in [0, 0.05) is 7.11 Å². The molecule has 0 spiro atoms. The van der Waals surface area contributed by atoms with Crippen LogP contribution in [0.25, 0.3) is 0 Å². The zero-order valence-corrected chi connectivity index (χ0v) is 15.1. The summed E-state index contributed by atoms with van der Waals surface area (Å²) < 4.78 is 66.9. The Kier molecular flexibility index (Phi) is 5.66. The third-order valence-electron chi connectivity index (χ3n) is 4.96. The van der Waals surface area contributed by atoms with Crippen LogP contribution in [-0.2, 0) is 27.5 Å². The summed E-state index contributed by atoms with van der Waals surface area (Å²) in [7, 11) is 1.53. The Morgan fingerprint density at radius 3 is 2.07 bits per heavy atom. The van der Waals surface area contributed by atoms with Gasteiger partial charge in [0.05, 0.1) is 17.6 Å². The predicted molar refractivity (Wildman–Crippen MR) is 88.1 cm³/mol. The minimum Gasteiger partial charge on any atom is -0.458 e. The van der Waals surface area contributed by atoms with Gasteiger partial charge in [0.2, 0.25) is 5.67 Å². The molecule has 2 rings (SSSR count). The van der Waals surface area contributed by atoms with Crippen LogP contribution in [0, 0.1) is 16.7 Å². The Hall–Kier alpha value is -2.40. The number of hydrogen-bond donors (Lipinski definition) is 0. The Bertz CT molecular complexity index is 800. The Morgan fingerprint density at radius 1 is 1.11 bits per heavy atom. The number of ether oxygens (including phenoxy) is 2. The van der Waals surface area contributed by atoms with Crippen molar-refractivity contribution in [2.75, 3.05) is 13.8 Å². The van der Waals surface area contributed by atoms with Crippen LogP contribution in [0.4, 0.5) is 17.6 Å². The maximum Gasteiger partial charge on any atom is 0.348 e. The van der Waals surface area contributed by atoms with Gasteiger partial charge in [-0.1, -0.05) is 38.1 Å². The number of methoxy groups -OCH3 is 1. The van der Waals surface area contributed by atoms with E-state index in [1.54, 1.807) is 24.3 Å². The van der Waals surface area contributed by atoms with Gasteiger partial charge in [0.25, 0.3) is 5.67 Å². The number of alkyl halides is 3. The van der Waals surface area contributed by atoms with E-state index in [-0.39, 0.29) is 6.61 Å². The predicted octanol–water partition coefficient (Wildman–Crippen LogP) is 4.05. The van der Waals surface area contributed by atoms with E-state index in [0.29, 0.717) is 12.2 Å². The maximum absolute atomic E-state index is 15.1. The molecule has 146 valence electrons. The molecule has 1 aromatic carbocycles. The zero-order chi connectivity index (χ0) is 20.5. The molecule has 27 heavy (non-hydrogen) atoms. The Morgan fingerprint density at radius 2 is 1.63 bits per heavy atom. The molecule has 0 N–H and O–H groups in total. The number of benzene rings is 1. The normalized spacial score (nSPS) is 26.7. The molecule has 1 aliphatic rings. The van der Waals surface area contributed by atoms with Crippen molar-refractivity contribution in [3.63, 3.8) is 0 Å². The molecule has 4 nitrogen and oxygen atoms in total. The molecule has 1 aromatic rings. The van der Waals surface area contributed by atoms with E-state index in [0.717, 1.165) is 25.5 Å². The van der Waals surface area contributed by atoms with E-state index >= 15 is 8.78 Å². The van der Waals surface area contributed by atoms with Crippen molar-refractivity contribution in [1.82, 2.24) is 0 Å². The van der Waals surface area contributed by atoms with Gasteiger partial charge in [-0.15, -0.1) is 0 Å². The molecule has 1 aliphatic carbocycles. The van der Waals surface area contributed by atoms with Gasteiger partial charge in [-0.2, -0.15) is 5.26 Å². The first-order chi connectivity index (χ1) is 12.6. The first kappa shape index (κ1) is 20.9. The average Bonchev–Trinajstić information content (AvgIpc) is 3.02. The van der Waals surface area contributed by atoms with Gasteiger partial charge >= 0.3 is 5.97 Å². The largest absolute Gasteiger partial charge is 0.458 e. The molecule has 0 aliphatic heterocycles. The van der Waals surface area contributed by atoms with Gasteiger partial charge < -0.3 is 9.47 Å². The number of esters is 1. The molecule has 1 fully saturated rings. The number of rotatable bonds is 7. The summed E-state index contributed by atoms with van der Waals surface area (Å²) >= 11 is 0. The SMILES string of the molecule is COCc1ccc(COC(=O)C2(F)C(C)(C)C2(F)C(F)=C(C#N)CF)cc1. The molecule has 0 aromatic heterocycles. The van der Waals surface area contributed by atoms with E-state index in [1.807, 2.05) is 0 Å². The van der Waals surface area contributed by atoms with E-state index in [2.05, 4.69) is 0 Å². The average molecular weight is 385 g/mol. The van der Waals surface area contributed by atoms with Crippen LogP contribution in [0.5, 0.6) is 0 Å². The monoisotopic (exact) mass is 385 g/mol. The number of nitrogens with zero attached hydrogens (tertiary/aromatic N) is 1. The third kappa shape index (κ3) is 3.00. The number of halogens is 4. The van der Waals surface area contributed by atoms with Crippen LogP contribution >= 0.6 is 0 Å². The lowest BCUT2D eigenvalue weighted by Crippen LogP contribution is -2.30. The standard InChI is InChI=1S/C19H19F4NO3/c1-17(2)18(22,15(21)14(8-20)9-24)19(17,23)16(25)27-11-13-6-4-12(5-7-13)10-26-3/h4-7H,8,10-11H2,1-3H3. The molecule has 0 radical (unpaired) electrons. The highest BCUT2D eigenvalue weighted by atomic mass is 19.2. The molecule has 2 unspecified atom stereocenters. The van der Waals surface area contributed by atoms with E-state index in [4.69, 9.17) is 14.7 Å². The number of allylic oxidation sites excluding steroid dienone is 2. The quantitative estimate of drug-likeness (QED) is 0.404. The number of nitriles is 1. The van der Waals surface area contributed by atoms with Crippen LogP contribution in [0.2, 0.25) is 0 Å². The second kappa shape index (κ2) is 7.31. The van der Waals surface area contributed by atoms with Crippen LogP contribution in [-0.4, -0.2) is 31.1 Å². The lowest BCUT2D eigenvalue weighted by Gasteiger charge is -2.12. The van der Waals surface area contributed by atoms with Gasteiger partial charge in [-0.3, -0.25) is 0 Å². The van der Waals surface area contributed by atoms with E-state index < -0.39 is 40.8 Å². The molecule has 0 heterocycles. The number of hydrogen-bond acceptors (Lipinski definition) is 4. The summed E-state index contributed by atoms with van der Waals surface area (Å²) in [5.74, 6) is -3.52. The van der Waals surface area contributed by atoms with Crippen molar-refractivity contribution in [3.8, 4) is 6.07 Å². The highest BCUT2D eigenvalue weighted by Gasteiger charge is 2.93. The smallest absolute Gasteiger partial charge is 0.348 e. The molecule has 0 saturated heterocycles. The third-order valence-corrected chi connectivity index (χ3v) is 4.96. The summed E-state index contributed by atoms with van der Waals surface area (Å²) in [6, 6.07) is 7.80. The summed E-state index contributed by atoms with van der Waals surface area (Å²) in [4.78, 5) is 12.2. The van der Waals surface area contributed by atoms with Crippen molar-refractivity contribution in [1.29, 1.82) is 5.26 Å². The molecule has 2 atom stereocenters. The van der Waals surface area contributed by atoms with Crippen molar-refractivity contribution in [2.24, 2.45) is 5.41 Å². The fraction of sp³-hybridized carbons (Fsp3) is 0.474. The molecule has 0 bridgehead atoms. The lowest BCUT2D eigenvalue weighted by atomic mass is 10.0. The van der Waals surface area contributed by atoms with E-state index in [9.17, 15) is 13.6 Å². The second-order valence-electron chi connectivity index (χ2n) is 6.81.